The van der Waals surface area contributed by atoms with Crippen molar-refractivity contribution in [3.05, 3.63) is 0 Å². The maximum Gasteiger partial charge on any atom is 0.0122 e. The van der Waals surface area contributed by atoms with Crippen LogP contribution in [0.3, 0.4) is 0 Å². The fourth-order valence-electron chi connectivity index (χ4n) is 3.19. The molecule has 0 aliphatic carbocycles. The normalized spacial score (nSPS) is 26.0. The Kier molecular flexibility index (Phi) is 10.8. The summed E-state index contributed by atoms with van der Waals surface area (Å²) in [5, 5.41) is 0. The Bertz CT molecular complexity index is 174. The van der Waals surface area contributed by atoms with Crippen molar-refractivity contribution in [3.63, 3.8) is 0 Å². The summed E-state index contributed by atoms with van der Waals surface area (Å²) in [6, 6.07) is 0.911. The number of hydrogen-bond acceptors (Lipinski definition) is 2. The van der Waals surface area contributed by atoms with Crippen molar-refractivity contribution in [3.8, 4) is 0 Å². The zero-order valence-corrected chi connectivity index (χ0v) is 13.7. The molecule has 0 spiro atoms. The zero-order chi connectivity index (χ0) is 14.0. The maximum absolute atomic E-state index is 2.59. The van der Waals surface area contributed by atoms with Gasteiger partial charge in [-0.05, 0) is 64.8 Å². The van der Waals surface area contributed by atoms with Gasteiger partial charge in [0.15, 0.2) is 0 Å². The lowest BCUT2D eigenvalue weighted by Crippen LogP contribution is -2.41. The van der Waals surface area contributed by atoms with Gasteiger partial charge in [-0.3, -0.25) is 0 Å². The summed E-state index contributed by atoms with van der Waals surface area (Å²) in [5.74, 6) is 0.991. The maximum atomic E-state index is 2.59. The van der Waals surface area contributed by atoms with Crippen LogP contribution in [-0.2, 0) is 0 Å². The molecular formula is C16H36N2. The van der Waals surface area contributed by atoms with E-state index in [9.17, 15) is 0 Å². The molecule has 2 aliphatic heterocycles. The third kappa shape index (κ3) is 5.27. The van der Waals surface area contributed by atoms with Gasteiger partial charge in [0.05, 0.1) is 0 Å². The van der Waals surface area contributed by atoms with E-state index in [1.165, 1.54) is 51.9 Å². The van der Waals surface area contributed by atoms with Gasteiger partial charge in [-0.25, -0.2) is 0 Å². The van der Waals surface area contributed by atoms with E-state index in [0.29, 0.717) is 0 Å². The van der Waals surface area contributed by atoms with E-state index >= 15 is 0 Å². The van der Waals surface area contributed by atoms with Gasteiger partial charge in [-0.2, -0.15) is 0 Å². The van der Waals surface area contributed by atoms with E-state index in [2.05, 4.69) is 23.8 Å². The summed E-state index contributed by atoms with van der Waals surface area (Å²) in [7, 11) is 2.31. The lowest BCUT2D eigenvalue weighted by molar-refractivity contribution is 0.129. The van der Waals surface area contributed by atoms with Crippen molar-refractivity contribution in [2.75, 3.05) is 33.2 Å². The molecule has 2 rings (SSSR count). The molecule has 2 aliphatic rings. The molecule has 2 saturated heterocycles. The van der Waals surface area contributed by atoms with Gasteiger partial charge in [0.1, 0.15) is 0 Å². The van der Waals surface area contributed by atoms with Gasteiger partial charge < -0.3 is 9.80 Å². The predicted molar refractivity (Wildman–Crippen MR) is 83.2 cm³/mol. The van der Waals surface area contributed by atoms with E-state index in [-0.39, 0.29) is 0 Å². The molecule has 2 heterocycles. The van der Waals surface area contributed by atoms with Crippen LogP contribution in [0.25, 0.3) is 0 Å². The van der Waals surface area contributed by atoms with Crippen LogP contribution in [0, 0.1) is 5.92 Å². The SMILES string of the molecule is CC.CC.CCN1CCC(C2CCCN2C)CC1. The van der Waals surface area contributed by atoms with E-state index in [1.807, 2.05) is 27.7 Å². The average molecular weight is 256 g/mol. The second kappa shape index (κ2) is 10.8. The molecule has 1 unspecified atom stereocenters. The standard InChI is InChI=1S/C12H24N2.2C2H6/c1-3-14-9-6-11(7-10-14)12-5-4-8-13(12)2;2*1-2/h11-12H,3-10H2,1-2H3;2*1-2H3. The van der Waals surface area contributed by atoms with Gasteiger partial charge in [-0.15, -0.1) is 0 Å². The van der Waals surface area contributed by atoms with Gasteiger partial charge in [0.25, 0.3) is 0 Å². The molecule has 0 aromatic rings. The molecule has 18 heavy (non-hydrogen) atoms. The molecule has 0 N–H and O–H groups in total. The van der Waals surface area contributed by atoms with Gasteiger partial charge in [-0.1, -0.05) is 34.6 Å². The Morgan fingerprint density at radius 3 is 1.83 bits per heavy atom. The Labute approximate surface area is 116 Å². The van der Waals surface area contributed by atoms with Crippen molar-refractivity contribution in [2.45, 2.75) is 66.3 Å². The van der Waals surface area contributed by atoms with Gasteiger partial charge >= 0.3 is 0 Å². The van der Waals surface area contributed by atoms with Crippen molar-refractivity contribution in [1.82, 2.24) is 9.80 Å². The van der Waals surface area contributed by atoms with Crippen molar-refractivity contribution in [1.29, 1.82) is 0 Å². The molecule has 110 valence electrons. The molecule has 0 saturated carbocycles. The van der Waals surface area contributed by atoms with Crippen LogP contribution in [0.1, 0.15) is 60.3 Å². The van der Waals surface area contributed by atoms with Crippen LogP contribution < -0.4 is 0 Å². The Hall–Kier alpha value is -0.0800. The first-order valence-electron chi connectivity index (χ1n) is 8.24. The molecule has 0 aromatic carbocycles. The average Bonchev–Trinajstić information content (AvgIpc) is 2.89. The second-order valence-corrected chi connectivity index (χ2v) is 4.96. The van der Waals surface area contributed by atoms with E-state index in [4.69, 9.17) is 0 Å². The highest BCUT2D eigenvalue weighted by atomic mass is 15.2. The van der Waals surface area contributed by atoms with Crippen LogP contribution in [0.15, 0.2) is 0 Å². The summed E-state index contributed by atoms with van der Waals surface area (Å²) >= 11 is 0. The number of hydrogen-bond donors (Lipinski definition) is 0. The minimum atomic E-state index is 0.911. The second-order valence-electron chi connectivity index (χ2n) is 4.96. The van der Waals surface area contributed by atoms with Gasteiger partial charge in [0, 0.05) is 6.04 Å². The first kappa shape index (κ1) is 17.9. The van der Waals surface area contributed by atoms with Gasteiger partial charge in [0.2, 0.25) is 0 Å². The molecule has 2 nitrogen and oxygen atoms in total. The molecule has 0 bridgehead atoms. The number of nitrogens with zero attached hydrogens (tertiary/aromatic N) is 2. The number of likely N-dealkylation sites (tertiary alicyclic amines) is 2. The Morgan fingerprint density at radius 1 is 0.889 bits per heavy atom. The fraction of sp³-hybridized carbons (Fsp3) is 1.00. The van der Waals surface area contributed by atoms with Crippen molar-refractivity contribution >= 4 is 0 Å². The lowest BCUT2D eigenvalue weighted by atomic mass is 9.88. The number of rotatable bonds is 2. The third-order valence-electron chi connectivity index (χ3n) is 4.20. The molecule has 0 amide bonds. The molecule has 2 fully saturated rings. The van der Waals surface area contributed by atoms with E-state index in [1.54, 1.807) is 0 Å². The quantitative estimate of drug-likeness (QED) is 0.740. The first-order valence-corrected chi connectivity index (χ1v) is 8.24. The minimum Gasteiger partial charge on any atom is -0.304 e. The van der Waals surface area contributed by atoms with Crippen LogP contribution in [0.4, 0.5) is 0 Å². The van der Waals surface area contributed by atoms with Crippen molar-refractivity contribution in [2.24, 2.45) is 5.92 Å². The highest BCUT2D eigenvalue weighted by Crippen LogP contribution is 2.29. The van der Waals surface area contributed by atoms with E-state index in [0.717, 1.165) is 12.0 Å². The van der Waals surface area contributed by atoms with Crippen LogP contribution >= 0.6 is 0 Å². The number of piperidine rings is 1. The Balaban J connectivity index is 0.000000659. The molecule has 2 heteroatoms. The summed E-state index contributed by atoms with van der Waals surface area (Å²) < 4.78 is 0. The largest absolute Gasteiger partial charge is 0.304 e. The molecular weight excluding hydrogens is 220 g/mol. The predicted octanol–water partition coefficient (Wildman–Crippen LogP) is 3.86. The lowest BCUT2D eigenvalue weighted by Gasteiger charge is -2.36. The molecule has 0 radical (unpaired) electrons. The fourth-order valence-corrected chi connectivity index (χ4v) is 3.19. The minimum absolute atomic E-state index is 0.911. The highest BCUT2D eigenvalue weighted by Gasteiger charge is 2.31. The van der Waals surface area contributed by atoms with E-state index < -0.39 is 0 Å². The Morgan fingerprint density at radius 2 is 1.44 bits per heavy atom. The van der Waals surface area contributed by atoms with Crippen molar-refractivity contribution < 1.29 is 0 Å². The summed E-state index contributed by atoms with van der Waals surface area (Å²) in [5.41, 5.74) is 0. The smallest absolute Gasteiger partial charge is 0.0122 e. The molecule has 0 aromatic heterocycles. The topological polar surface area (TPSA) is 6.48 Å². The monoisotopic (exact) mass is 256 g/mol. The highest BCUT2D eigenvalue weighted by molar-refractivity contribution is 4.86. The first-order chi connectivity index (χ1) is 8.81. The molecule has 1 atom stereocenters. The zero-order valence-electron chi connectivity index (χ0n) is 13.7. The van der Waals surface area contributed by atoms with Crippen LogP contribution in [0.5, 0.6) is 0 Å². The summed E-state index contributed by atoms with van der Waals surface area (Å²) in [4.78, 5) is 5.18. The third-order valence-corrected chi connectivity index (χ3v) is 4.20. The van der Waals surface area contributed by atoms with Crippen LogP contribution in [-0.4, -0.2) is 49.1 Å². The van der Waals surface area contributed by atoms with Crippen LogP contribution in [0.2, 0.25) is 0 Å². The summed E-state index contributed by atoms with van der Waals surface area (Å²) in [6.45, 7) is 15.5. The summed E-state index contributed by atoms with van der Waals surface area (Å²) in [6.07, 6.45) is 5.74.